The Morgan fingerprint density at radius 2 is 1.85 bits per heavy atom. The van der Waals surface area contributed by atoms with Crippen LogP contribution in [0.5, 0.6) is 0 Å². The van der Waals surface area contributed by atoms with Crippen molar-refractivity contribution in [2.45, 2.75) is 82.0 Å². The molecule has 0 aromatic heterocycles. The topological polar surface area (TPSA) is 166 Å². The number of aliphatic hydroxyl groups excluding tert-OH is 1. The quantitative estimate of drug-likeness (QED) is 0.180. The summed E-state index contributed by atoms with van der Waals surface area (Å²) in [6.45, 7) is 5.74. The fraction of sp³-hybridized carbons (Fsp3) is 0.421. The average molecular weight is 726 g/mol. The zero-order valence-electron chi connectivity index (χ0n) is 29.5. The zero-order chi connectivity index (χ0) is 36.9. The number of amides is 3. The van der Waals surface area contributed by atoms with Crippen molar-refractivity contribution in [3.8, 4) is 0 Å². The van der Waals surface area contributed by atoms with Crippen molar-refractivity contribution in [1.29, 1.82) is 0 Å². The summed E-state index contributed by atoms with van der Waals surface area (Å²) in [5.74, 6) is -1.45. The van der Waals surface area contributed by atoms with Gasteiger partial charge in [-0.15, -0.1) is 0 Å². The Morgan fingerprint density at radius 3 is 2.56 bits per heavy atom. The first-order valence-corrected chi connectivity index (χ1v) is 20.8. The number of likely N-dealkylation sites (tertiary alicyclic amines) is 1. The van der Waals surface area contributed by atoms with Crippen LogP contribution in [0.25, 0.3) is 0 Å². The van der Waals surface area contributed by atoms with Gasteiger partial charge in [-0.3, -0.25) is 24.5 Å². The molecule has 272 valence electrons. The van der Waals surface area contributed by atoms with Crippen molar-refractivity contribution >= 4 is 48.8 Å². The maximum Gasteiger partial charge on any atom is 0.269 e. The van der Waals surface area contributed by atoms with E-state index in [0.717, 1.165) is 17.7 Å². The predicted molar refractivity (Wildman–Crippen MR) is 196 cm³/mol. The van der Waals surface area contributed by atoms with Crippen LogP contribution >= 0.6 is 0 Å². The summed E-state index contributed by atoms with van der Waals surface area (Å²) < 4.78 is 6.77. The van der Waals surface area contributed by atoms with Crippen LogP contribution in [0, 0.1) is 16.0 Å². The maximum absolute atomic E-state index is 14.9. The Balaban J connectivity index is 1.24. The highest BCUT2D eigenvalue weighted by Gasteiger charge is 2.66. The number of nitrogens with zero attached hydrogens (tertiary/aromatic N) is 5. The van der Waals surface area contributed by atoms with Crippen molar-refractivity contribution in [2.24, 2.45) is 11.0 Å². The molecule has 3 aromatic carbocycles. The number of fused-ring (bicyclic) bond motifs is 2. The van der Waals surface area contributed by atoms with Crippen LogP contribution in [0.1, 0.15) is 55.7 Å². The first-order chi connectivity index (χ1) is 24.8. The molecule has 4 heterocycles. The number of hydrogen-bond acceptors (Lipinski definition) is 9. The number of aliphatic hydroxyl groups is 1. The Hall–Kier alpha value is -4.76. The number of ether oxygens (including phenoxy) is 1. The third-order valence-electron chi connectivity index (χ3n) is 11.1. The molecule has 5 atom stereocenters. The number of carbonyl (C=O) groups excluding carboxylic acids is 3. The minimum absolute atomic E-state index is 0.0623. The summed E-state index contributed by atoms with van der Waals surface area (Å²) in [4.78, 5) is 68.0. The fourth-order valence-corrected chi connectivity index (χ4v) is 11.3. The standard InChI is InChI=1S/C38H43N5O8Si/c1-24-36(52(2,3)50)33(21-35(46)40-18-8-13-29(40)23-44)51-38(24)30-20-28(43(48)49)14-16-32(30)41(37(38)47)22-25-9-7-12-27(19-25)42-34(45)17-15-31(39-42)26-10-5-4-6-11-26/h4-7,9-12,14,16,19-20,24,29,33,36,44,50H,8,13,15,17-18,21-23H2,1-3H3/t24-,29-,33+,36-,38+/m0/s1. The van der Waals surface area contributed by atoms with Crippen LogP contribution < -0.4 is 9.91 Å². The second-order valence-electron chi connectivity index (χ2n) is 14.8. The van der Waals surface area contributed by atoms with Gasteiger partial charge < -0.3 is 24.4 Å². The molecule has 52 heavy (non-hydrogen) atoms. The van der Waals surface area contributed by atoms with E-state index in [1.807, 2.05) is 43.3 Å². The van der Waals surface area contributed by atoms with E-state index >= 15 is 0 Å². The largest absolute Gasteiger partial charge is 0.432 e. The first kappa shape index (κ1) is 35.6. The molecule has 3 amide bonds. The van der Waals surface area contributed by atoms with Crippen LogP contribution in [0.3, 0.4) is 0 Å². The van der Waals surface area contributed by atoms with E-state index in [-0.39, 0.29) is 43.1 Å². The molecular weight excluding hydrogens is 683 g/mol. The molecule has 0 radical (unpaired) electrons. The highest BCUT2D eigenvalue weighted by Crippen LogP contribution is 2.60. The summed E-state index contributed by atoms with van der Waals surface area (Å²) in [6.07, 6.45) is 1.33. The maximum atomic E-state index is 14.9. The summed E-state index contributed by atoms with van der Waals surface area (Å²) in [7, 11) is -3.12. The van der Waals surface area contributed by atoms with E-state index in [1.165, 1.54) is 17.1 Å². The predicted octanol–water partition coefficient (Wildman–Crippen LogP) is 4.84. The lowest BCUT2D eigenvalue weighted by Crippen LogP contribution is -2.46. The fourth-order valence-electron chi connectivity index (χ4n) is 8.74. The summed E-state index contributed by atoms with van der Waals surface area (Å²) in [5, 5.41) is 28.0. The number of nitro groups is 1. The molecule has 2 fully saturated rings. The monoisotopic (exact) mass is 725 g/mol. The van der Waals surface area contributed by atoms with Gasteiger partial charge in [-0.1, -0.05) is 49.4 Å². The molecular formula is C38H43N5O8Si. The number of carbonyl (C=O) groups is 3. The molecule has 2 saturated heterocycles. The Bertz CT molecular complexity index is 1950. The van der Waals surface area contributed by atoms with Gasteiger partial charge in [0.15, 0.2) is 13.9 Å². The number of benzene rings is 3. The second-order valence-corrected chi connectivity index (χ2v) is 18.7. The van der Waals surface area contributed by atoms with Crippen LogP contribution in [-0.2, 0) is 31.3 Å². The molecule has 1 spiro atoms. The Kier molecular flexibility index (Phi) is 9.36. The van der Waals surface area contributed by atoms with E-state index in [2.05, 4.69) is 0 Å². The van der Waals surface area contributed by atoms with Gasteiger partial charge in [-0.25, -0.2) is 5.01 Å². The van der Waals surface area contributed by atoms with E-state index < -0.39 is 42.3 Å². The smallest absolute Gasteiger partial charge is 0.269 e. The van der Waals surface area contributed by atoms with Gasteiger partial charge >= 0.3 is 0 Å². The number of hydrogen-bond donors (Lipinski definition) is 2. The molecule has 0 aliphatic carbocycles. The molecule has 0 bridgehead atoms. The lowest BCUT2D eigenvalue weighted by molar-refractivity contribution is -0.385. The Labute approximate surface area is 302 Å². The van der Waals surface area contributed by atoms with Gasteiger partial charge in [-0.05, 0) is 55.3 Å². The molecule has 4 aliphatic heterocycles. The lowest BCUT2D eigenvalue weighted by atomic mass is 9.82. The summed E-state index contributed by atoms with van der Waals surface area (Å²) in [6, 6.07) is 20.9. The Morgan fingerprint density at radius 1 is 1.08 bits per heavy atom. The van der Waals surface area contributed by atoms with Crippen molar-refractivity contribution in [3.63, 3.8) is 0 Å². The van der Waals surface area contributed by atoms with Crippen LogP contribution in [0.15, 0.2) is 77.9 Å². The van der Waals surface area contributed by atoms with Gasteiger partial charge in [-0.2, -0.15) is 5.10 Å². The average Bonchev–Trinajstić information content (AvgIpc) is 3.79. The third kappa shape index (κ3) is 6.12. The summed E-state index contributed by atoms with van der Waals surface area (Å²) in [5.41, 5.74) is 1.26. The molecule has 4 aliphatic rings. The molecule has 14 heteroatoms. The van der Waals surface area contributed by atoms with Crippen molar-refractivity contribution in [2.75, 3.05) is 23.1 Å². The zero-order valence-corrected chi connectivity index (χ0v) is 30.5. The SMILES string of the molecule is C[C@H]1[C@H]([Si](C)(C)O)[C@@H](CC(=O)N2CCC[C@H]2CO)O[C@]12C(=O)N(Cc1cccc(N3N=C(c4ccccc4)CCC3=O)c1)c1ccc([N+](=O)[O-])cc12. The van der Waals surface area contributed by atoms with Crippen LogP contribution in [0.4, 0.5) is 17.1 Å². The van der Waals surface area contributed by atoms with Crippen LogP contribution in [-0.4, -0.2) is 76.8 Å². The van der Waals surface area contributed by atoms with Crippen molar-refractivity contribution in [3.05, 3.63) is 99.6 Å². The van der Waals surface area contributed by atoms with Crippen molar-refractivity contribution in [1.82, 2.24) is 4.90 Å². The van der Waals surface area contributed by atoms with Gasteiger partial charge in [0.05, 0.1) is 53.7 Å². The number of hydrazone groups is 1. The molecule has 0 unspecified atom stereocenters. The minimum atomic E-state index is -3.12. The first-order valence-electron chi connectivity index (χ1n) is 17.8. The van der Waals surface area contributed by atoms with E-state index in [0.29, 0.717) is 48.3 Å². The third-order valence-corrected chi connectivity index (χ3v) is 13.6. The van der Waals surface area contributed by atoms with Gasteiger partial charge in [0, 0.05) is 48.5 Å². The van der Waals surface area contributed by atoms with E-state index in [1.54, 1.807) is 47.2 Å². The number of anilines is 2. The molecule has 2 N–H and O–H groups in total. The summed E-state index contributed by atoms with van der Waals surface area (Å²) >= 11 is 0. The highest BCUT2D eigenvalue weighted by atomic mass is 28.4. The lowest BCUT2D eigenvalue weighted by Gasteiger charge is -2.32. The van der Waals surface area contributed by atoms with Crippen molar-refractivity contribution < 1.29 is 33.9 Å². The van der Waals surface area contributed by atoms with Gasteiger partial charge in [0.2, 0.25) is 11.8 Å². The molecule has 7 rings (SSSR count). The molecule has 13 nitrogen and oxygen atoms in total. The normalized spacial score (nSPS) is 25.9. The number of nitro benzene ring substituents is 1. The van der Waals surface area contributed by atoms with Crippen LogP contribution in [0.2, 0.25) is 18.6 Å². The highest BCUT2D eigenvalue weighted by molar-refractivity contribution is 6.71. The number of rotatable bonds is 9. The second kappa shape index (κ2) is 13.7. The minimum Gasteiger partial charge on any atom is -0.432 e. The van der Waals surface area contributed by atoms with E-state index in [4.69, 9.17) is 9.84 Å². The van der Waals surface area contributed by atoms with E-state index in [9.17, 15) is 34.4 Å². The van der Waals surface area contributed by atoms with Gasteiger partial charge in [0.1, 0.15) is 0 Å². The molecule has 0 saturated carbocycles. The van der Waals surface area contributed by atoms with Gasteiger partial charge in [0.25, 0.3) is 11.6 Å². The molecule has 3 aromatic rings. The number of non-ortho nitro benzene ring substituents is 1.